The number of nitrogens with zero attached hydrogens (tertiary/aromatic N) is 1. The number of pyridine rings is 1. The molecular weight excluding hydrogens is 392 g/mol. The zero-order valence-electron chi connectivity index (χ0n) is 18.6. The zero-order chi connectivity index (χ0) is 22.4. The second-order valence-electron chi connectivity index (χ2n) is 8.59. The molecule has 1 atom stereocenters. The molecule has 1 aliphatic carbocycles. The van der Waals surface area contributed by atoms with E-state index in [1.807, 2.05) is 6.07 Å². The number of benzene rings is 1. The van der Waals surface area contributed by atoms with Crippen molar-refractivity contribution in [2.45, 2.75) is 65.0 Å². The van der Waals surface area contributed by atoms with E-state index in [1.165, 1.54) is 7.11 Å². The average molecular weight is 425 g/mol. The van der Waals surface area contributed by atoms with Gasteiger partial charge in [-0.3, -0.25) is 9.59 Å². The van der Waals surface area contributed by atoms with Crippen molar-refractivity contribution in [1.82, 2.24) is 9.88 Å². The number of hydrogen-bond donors (Lipinski definition) is 1. The van der Waals surface area contributed by atoms with Gasteiger partial charge in [0, 0.05) is 12.2 Å². The number of aromatic nitrogens is 1. The van der Waals surface area contributed by atoms with Gasteiger partial charge in [0.05, 0.1) is 7.11 Å². The predicted molar refractivity (Wildman–Crippen MR) is 120 cm³/mol. The van der Waals surface area contributed by atoms with Gasteiger partial charge in [-0.05, 0) is 48.8 Å². The normalized spacial score (nSPS) is 14.8. The monoisotopic (exact) mass is 424 g/mol. The Kier molecular flexibility index (Phi) is 7.66. The highest BCUT2D eigenvalue weighted by atomic mass is 16.5. The van der Waals surface area contributed by atoms with Gasteiger partial charge in [0.15, 0.2) is 6.04 Å². The summed E-state index contributed by atoms with van der Waals surface area (Å²) in [7, 11) is 1.28. The van der Waals surface area contributed by atoms with Crippen LogP contribution in [0, 0.1) is 5.92 Å². The number of ether oxygens (including phenoxy) is 1. The van der Waals surface area contributed by atoms with Crippen LogP contribution in [0.2, 0.25) is 0 Å². The Morgan fingerprint density at radius 1 is 1.06 bits per heavy atom. The summed E-state index contributed by atoms with van der Waals surface area (Å²) in [6.45, 7) is 4.70. The quantitative estimate of drug-likeness (QED) is 0.716. The lowest BCUT2D eigenvalue weighted by atomic mass is 9.95. The first-order chi connectivity index (χ1) is 14.9. The number of esters is 1. The van der Waals surface area contributed by atoms with Crippen molar-refractivity contribution in [3.05, 3.63) is 69.1 Å². The van der Waals surface area contributed by atoms with E-state index in [0.29, 0.717) is 12.1 Å². The SMILES string of the molecule is COC(=O)[C@H](NC(=O)c1cc2c(n(CC(C)C)c1=O)CCCCCC2)c1ccccc1. The van der Waals surface area contributed by atoms with E-state index in [4.69, 9.17) is 4.74 Å². The summed E-state index contributed by atoms with van der Waals surface area (Å²) in [6, 6.07) is 9.68. The maximum absolute atomic E-state index is 13.4. The third-order valence-electron chi connectivity index (χ3n) is 5.74. The minimum absolute atomic E-state index is 0.0878. The van der Waals surface area contributed by atoms with Crippen molar-refractivity contribution in [2.75, 3.05) is 7.11 Å². The summed E-state index contributed by atoms with van der Waals surface area (Å²) in [5, 5.41) is 2.73. The van der Waals surface area contributed by atoms with Crippen LogP contribution >= 0.6 is 0 Å². The van der Waals surface area contributed by atoms with Gasteiger partial charge in [-0.1, -0.05) is 57.0 Å². The van der Waals surface area contributed by atoms with Gasteiger partial charge in [0.1, 0.15) is 5.56 Å². The van der Waals surface area contributed by atoms with E-state index in [9.17, 15) is 14.4 Å². The lowest BCUT2D eigenvalue weighted by Gasteiger charge is -2.23. The minimum atomic E-state index is -0.973. The number of rotatable bonds is 6. The summed E-state index contributed by atoms with van der Waals surface area (Å²) in [5.74, 6) is -0.849. The highest BCUT2D eigenvalue weighted by molar-refractivity contribution is 5.97. The first-order valence-corrected chi connectivity index (χ1v) is 11.1. The number of carbonyl (C=O) groups excluding carboxylic acids is 2. The molecule has 6 nitrogen and oxygen atoms in total. The third kappa shape index (κ3) is 5.43. The van der Waals surface area contributed by atoms with E-state index < -0.39 is 17.9 Å². The molecule has 0 spiro atoms. The predicted octanol–water partition coefficient (Wildman–Crippen LogP) is 3.81. The molecule has 31 heavy (non-hydrogen) atoms. The summed E-state index contributed by atoms with van der Waals surface area (Å²) in [6.07, 6.45) is 6.12. The number of fused-ring (bicyclic) bond motifs is 1. The molecule has 2 aromatic rings. The number of nitrogens with one attached hydrogen (secondary N) is 1. The number of aryl methyl sites for hydroxylation is 1. The molecule has 166 valence electrons. The molecule has 1 heterocycles. The molecule has 3 rings (SSSR count). The molecule has 1 amide bonds. The zero-order valence-corrected chi connectivity index (χ0v) is 18.6. The summed E-state index contributed by atoms with van der Waals surface area (Å²) < 4.78 is 6.68. The maximum Gasteiger partial charge on any atom is 0.333 e. The van der Waals surface area contributed by atoms with Crippen LogP contribution in [0.1, 0.15) is 72.8 Å². The van der Waals surface area contributed by atoms with Gasteiger partial charge >= 0.3 is 5.97 Å². The molecule has 1 aromatic carbocycles. The van der Waals surface area contributed by atoms with Crippen LogP contribution in [0.15, 0.2) is 41.2 Å². The Labute approximate surface area is 183 Å². The van der Waals surface area contributed by atoms with Crippen molar-refractivity contribution in [3.63, 3.8) is 0 Å². The van der Waals surface area contributed by atoms with Crippen LogP contribution in [0.4, 0.5) is 0 Å². The fourth-order valence-corrected chi connectivity index (χ4v) is 4.21. The second-order valence-corrected chi connectivity index (χ2v) is 8.59. The minimum Gasteiger partial charge on any atom is -0.467 e. The molecule has 0 saturated heterocycles. The molecule has 1 aliphatic rings. The average Bonchev–Trinajstić information content (AvgIpc) is 2.74. The fourth-order valence-electron chi connectivity index (χ4n) is 4.21. The lowest BCUT2D eigenvalue weighted by molar-refractivity contribution is -0.143. The first kappa shape index (κ1) is 22.8. The van der Waals surface area contributed by atoms with Crippen LogP contribution in [0.3, 0.4) is 0 Å². The number of carbonyl (C=O) groups is 2. The first-order valence-electron chi connectivity index (χ1n) is 11.1. The molecule has 6 heteroatoms. The van der Waals surface area contributed by atoms with Crippen molar-refractivity contribution >= 4 is 11.9 Å². The largest absolute Gasteiger partial charge is 0.467 e. The highest BCUT2D eigenvalue weighted by Gasteiger charge is 2.27. The molecule has 1 aromatic heterocycles. The molecule has 0 saturated carbocycles. The van der Waals surface area contributed by atoms with Crippen LogP contribution in [0.25, 0.3) is 0 Å². The Bertz CT molecular complexity index is 979. The standard InChI is InChI=1S/C25H32N2O4/c1-17(2)16-27-21-14-10-5-4-7-13-19(21)15-20(24(27)29)23(28)26-22(25(30)31-3)18-11-8-6-9-12-18/h6,8-9,11-12,15,17,22H,4-5,7,10,13-14,16H2,1-3H3,(H,26,28)/t22-/m1/s1. The Hall–Kier alpha value is -2.89. The molecule has 0 bridgehead atoms. The molecule has 0 aliphatic heterocycles. The van der Waals surface area contributed by atoms with E-state index in [2.05, 4.69) is 19.2 Å². The lowest BCUT2D eigenvalue weighted by Crippen LogP contribution is -2.40. The Morgan fingerprint density at radius 2 is 1.74 bits per heavy atom. The topological polar surface area (TPSA) is 77.4 Å². The number of hydrogen-bond acceptors (Lipinski definition) is 4. The molecular formula is C25H32N2O4. The van der Waals surface area contributed by atoms with Gasteiger partial charge in [-0.25, -0.2) is 4.79 Å². The smallest absolute Gasteiger partial charge is 0.333 e. The van der Waals surface area contributed by atoms with Crippen LogP contribution in [0.5, 0.6) is 0 Å². The van der Waals surface area contributed by atoms with E-state index >= 15 is 0 Å². The van der Waals surface area contributed by atoms with Gasteiger partial charge in [0.2, 0.25) is 0 Å². The maximum atomic E-state index is 13.4. The van der Waals surface area contributed by atoms with E-state index in [-0.39, 0.29) is 17.0 Å². The highest BCUT2D eigenvalue weighted by Crippen LogP contribution is 2.22. The summed E-state index contributed by atoms with van der Waals surface area (Å²) in [5.41, 5.74) is 2.53. The number of methoxy groups -OCH3 is 1. The number of amides is 1. The Balaban J connectivity index is 2.02. The van der Waals surface area contributed by atoms with Crippen LogP contribution < -0.4 is 10.9 Å². The van der Waals surface area contributed by atoms with Crippen molar-refractivity contribution < 1.29 is 14.3 Å². The van der Waals surface area contributed by atoms with Crippen molar-refractivity contribution in [1.29, 1.82) is 0 Å². The van der Waals surface area contributed by atoms with Crippen molar-refractivity contribution in [3.8, 4) is 0 Å². The van der Waals surface area contributed by atoms with Gasteiger partial charge in [-0.2, -0.15) is 0 Å². The Morgan fingerprint density at radius 3 is 2.39 bits per heavy atom. The third-order valence-corrected chi connectivity index (χ3v) is 5.74. The van der Waals surface area contributed by atoms with Gasteiger partial charge < -0.3 is 14.6 Å². The van der Waals surface area contributed by atoms with Crippen LogP contribution in [-0.2, 0) is 28.9 Å². The van der Waals surface area contributed by atoms with Crippen molar-refractivity contribution in [2.24, 2.45) is 5.92 Å². The molecule has 1 N–H and O–H groups in total. The molecule has 0 unspecified atom stereocenters. The molecule has 0 fully saturated rings. The van der Waals surface area contributed by atoms with Gasteiger partial charge in [-0.15, -0.1) is 0 Å². The second kappa shape index (κ2) is 10.4. The summed E-state index contributed by atoms with van der Waals surface area (Å²) >= 11 is 0. The van der Waals surface area contributed by atoms with Crippen LogP contribution in [-0.4, -0.2) is 23.6 Å². The molecule has 0 radical (unpaired) electrons. The van der Waals surface area contributed by atoms with E-state index in [1.54, 1.807) is 34.9 Å². The summed E-state index contributed by atoms with van der Waals surface area (Å²) in [4.78, 5) is 38.9. The van der Waals surface area contributed by atoms with Gasteiger partial charge in [0.25, 0.3) is 11.5 Å². The van der Waals surface area contributed by atoms with E-state index in [0.717, 1.165) is 49.8 Å². The fraction of sp³-hybridized carbons (Fsp3) is 0.480.